The molecule has 0 bridgehead atoms. The van der Waals surface area contributed by atoms with E-state index >= 15 is 0 Å². The number of ether oxygens (including phenoxy) is 1. The lowest BCUT2D eigenvalue weighted by molar-refractivity contribution is 0.0594. The Balaban J connectivity index is 2.22. The third-order valence-corrected chi connectivity index (χ3v) is 2.68. The van der Waals surface area contributed by atoms with Crippen molar-refractivity contribution in [3.8, 4) is 0 Å². The number of oxazole rings is 1. The standard InChI is InChI=1S/C13H16N4O3/c1-7-6-15-12(20-7)8(2)16-11-9(14)4-5-10(17-11)13(18)19-3/h4-6,8H,14H2,1-3H3,(H,16,17). The topological polar surface area (TPSA) is 103 Å². The highest BCUT2D eigenvalue weighted by molar-refractivity contribution is 5.88. The number of pyridine rings is 1. The van der Waals surface area contributed by atoms with Crippen molar-refractivity contribution in [3.63, 3.8) is 0 Å². The number of methoxy groups -OCH3 is 1. The highest BCUT2D eigenvalue weighted by Gasteiger charge is 2.15. The first-order valence-corrected chi connectivity index (χ1v) is 6.05. The lowest BCUT2D eigenvalue weighted by atomic mass is 10.3. The number of nitrogens with two attached hydrogens (primary N) is 1. The molecule has 0 saturated heterocycles. The number of carbonyl (C=O) groups is 1. The van der Waals surface area contributed by atoms with Gasteiger partial charge in [0.2, 0.25) is 5.89 Å². The Hall–Kier alpha value is -2.57. The largest absolute Gasteiger partial charge is 0.464 e. The summed E-state index contributed by atoms with van der Waals surface area (Å²) in [5.41, 5.74) is 6.44. The van der Waals surface area contributed by atoms with Gasteiger partial charge in [-0.2, -0.15) is 0 Å². The third kappa shape index (κ3) is 2.87. The van der Waals surface area contributed by atoms with E-state index in [0.29, 0.717) is 17.4 Å². The monoisotopic (exact) mass is 276 g/mol. The van der Waals surface area contributed by atoms with Crippen molar-refractivity contribution in [1.82, 2.24) is 9.97 Å². The van der Waals surface area contributed by atoms with Crippen LogP contribution in [0.5, 0.6) is 0 Å². The van der Waals surface area contributed by atoms with Crippen LogP contribution in [0, 0.1) is 6.92 Å². The summed E-state index contributed by atoms with van der Waals surface area (Å²) in [6, 6.07) is 2.87. The van der Waals surface area contributed by atoms with Gasteiger partial charge in [0.25, 0.3) is 0 Å². The Bertz CT molecular complexity index is 624. The van der Waals surface area contributed by atoms with Crippen molar-refractivity contribution >= 4 is 17.5 Å². The molecule has 0 fully saturated rings. The number of anilines is 2. The van der Waals surface area contributed by atoms with Crippen LogP contribution in [0.25, 0.3) is 0 Å². The maximum absolute atomic E-state index is 11.5. The maximum atomic E-state index is 11.5. The maximum Gasteiger partial charge on any atom is 0.356 e. The van der Waals surface area contributed by atoms with Crippen molar-refractivity contribution in [1.29, 1.82) is 0 Å². The Morgan fingerprint density at radius 3 is 2.85 bits per heavy atom. The zero-order chi connectivity index (χ0) is 14.7. The first-order chi connectivity index (χ1) is 9.51. The van der Waals surface area contributed by atoms with Crippen molar-refractivity contribution in [2.75, 3.05) is 18.2 Å². The van der Waals surface area contributed by atoms with Gasteiger partial charge in [-0.05, 0) is 26.0 Å². The summed E-state index contributed by atoms with van der Waals surface area (Å²) in [5, 5.41) is 3.06. The second-order valence-electron chi connectivity index (χ2n) is 4.30. The third-order valence-electron chi connectivity index (χ3n) is 2.68. The molecule has 2 aromatic rings. The molecular weight excluding hydrogens is 260 g/mol. The predicted molar refractivity (Wildman–Crippen MR) is 73.3 cm³/mol. The average Bonchev–Trinajstić information content (AvgIpc) is 2.87. The van der Waals surface area contributed by atoms with E-state index in [1.54, 1.807) is 12.3 Å². The van der Waals surface area contributed by atoms with Gasteiger partial charge >= 0.3 is 5.97 Å². The number of carbonyl (C=O) groups excluding carboxylic acids is 1. The lowest BCUT2D eigenvalue weighted by Gasteiger charge is -2.13. The molecule has 20 heavy (non-hydrogen) atoms. The molecule has 0 spiro atoms. The number of rotatable bonds is 4. The fourth-order valence-electron chi connectivity index (χ4n) is 1.64. The van der Waals surface area contributed by atoms with Gasteiger partial charge in [0.15, 0.2) is 11.5 Å². The minimum atomic E-state index is -0.521. The summed E-state index contributed by atoms with van der Waals surface area (Å²) < 4.78 is 10.0. The SMILES string of the molecule is COC(=O)c1ccc(N)c(NC(C)c2ncc(C)o2)n1. The second kappa shape index (κ2) is 5.60. The van der Waals surface area contributed by atoms with E-state index in [1.807, 2.05) is 13.8 Å². The highest BCUT2D eigenvalue weighted by atomic mass is 16.5. The van der Waals surface area contributed by atoms with Crippen LogP contribution in [0.15, 0.2) is 22.7 Å². The van der Waals surface area contributed by atoms with Crippen LogP contribution in [0.2, 0.25) is 0 Å². The Labute approximate surface area is 116 Å². The summed E-state index contributed by atoms with van der Waals surface area (Å²) in [5.74, 6) is 1.11. The number of aryl methyl sites for hydroxylation is 1. The van der Waals surface area contributed by atoms with Crippen LogP contribution in [0.3, 0.4) is 0 Å². The lowest BCUT2D eigenvalue weighted by Crippen LogP contribution is -2.13. The molecule has 0 aliphatic heterocycles. The summed E-state index contributed by atoms with van der Waals surface area (Å²) in [4.78, 5) is 19.7. The zero-order valence-corrected chi connectivity index (χ0v) is 11.5. The fraction of sp³-hybridized carbons (Fsp3) is 0.308. The number of nitrogens with zero attached hydrogens (tertiary/aromatic N) is 2. The fourth-order valence-corrected chi connectivity index (χ4v) is 1.64. The van der Waals surface area contributed by atoms with Crippen molar-refractivity contribution in [2.24, 2.45) is 0 Å². The molecular formula is C13H16N4O3. The molecule has 0 aromatic carbocycles. The van der Waals surface area contributed by atoms with Crippen LogP contribution in [-0.2, 0) is 4.74 Å². The number of hydrogen-bond acceptors (Lipinski definition) is 7. The van der Waals surface area contributed by atoms with Crippen molar-refractivity contribution in [3.05, 3.63) is 35.7 Å². The van der Waals surface area contributed by atoms with Gasteiger partial charge < -0.3 is 20.2 Å². The molecule has 0 aliphatic rings. The smallest absolute Gasteiger partial charge is 0.356 e. The van der Waals surface area contributed by atoms with Crippen LogP contribution in [0.4, 0.5) is 11.5 Å². The van der Waals surface area contributed by atoms with E-state index in [4.69, 9.17) is 10.2 Å². The summed E-state index contributed by atoms with van der Waals surface area (Å²) >= 11 is 0. The summed E-state index contributed by atoms with van der Waals surface area (Å²) in [6.07, 6.45) is 1.63. The molecule has 3 N–H and O–H groups in total. The quantitative estimate of drug-likeness (QED) is 0.822. The van der Waals surface area contributed by atoms with Gasteiger partial charge in [-0.1, -0.05) is 0 Å². The molecule has 7 nitrogen and oxygen atoms in total. The van der Waals surface area contributed by atoms with Crippen LogP contribution < -0.4 is 11.1 Å². The van der Waals surface area contributed by atoms with Gasteiger partial charge in [-0.15, -0.1) is 0 Å². The number of hydrogen-bond donors (Lipinski definition) is 2. The zero-order valence-electron chi connectivity index (χ0n) is 11.5. The normalized spacial score (nSPS) is 11.9. The van der Waals surface area contributed by atoms with E-state index < -0.39 is 5.97 Å². The van der Waals surface area contributed by atoms with E-state index in [-0.39, 0.29) is 11.7 Å². The molecule has 1 unspecified atom stereocenters. The second-order valence-corrected chi connectivity index (χ2v) is 4.30. The Kier molecular flexibility index (Phi) is 3.88. The molecule has 2 rings (SSSR count). The molecule has 1 atom stereocenters. The van der Waals surface area contributed by atoms with Crippen LogP contribution in [0.1, 0.15) is 35.1 Å². The Morgan fingerprint density at radius 2 is 2.25 bits per heavy atom. The molecule has 106 valence electrons. The van der Waals surface area contributed by atoms with E-state index in [0.717, 1.165) is 5.76 Å². The molecule has 2 aromatic heterocycles. The molecule has 2 heterocycles. The van der Waals surface area contributed by atoms with Crippen LogP contribution >= 0.6 is 0 Å². The van der Waals surface area contributed by atoms with Gasteiger partial charge in [0.1, 0.15) is 11.8 Å². The number of esters is 1. The van der Waals surface area contributed by atoms with Crippen LogP contribution in [-0.4, -0.2) is 23.0 Å². The van der Waals surface area contributed by atoms with Gasteiger partial charge in [-0.3, -0.25) is 0 Å². The predicted octanol–water partition coefficient (Wildman–Crippen LogP) is 1.92. The van der Waals surface area contributed by atoms with Gasteiger partial charge in [-0.25, -0.2) is 14.8 Å². The van der Waals surface area contributed by atoms with Gasteiger partial charge in [0.05, 0.1) is 19.0 Å². The van der Waals surface area contributed by atoms with E-state index in [9.17, 15) is 4.79 Å². The average molecular weight is 276 g/mol. The molecule has 0 aliphatic carbocycles. The highest BCUT2D eigenvalue weighted by Crippen LogP contribution is 2.22. The molecule has 0 radical (unpaired) electrons. The minimum absolute atomic E-state index is 0.181. The number of nitrogens with one attached hydrogen (secondary N) is 1. The van der Waals surface area contributed by atoms with E-state index in [2.05, 4.69) is 20.0 Å². The number of aromatic nitrogens is 2. The first-order valence-electron chi connectivity index (χ1n) is 6.05. The molecule has 0 amide bonds. The van der Waals surface area contributed by atoms with Gasteiger partial charge in [0, 0.05) is 0 Å². The molecule has 7 heteroatoms. The first kappa shape index (κ1) is 13.9. The molecule has 0 saturated carbocycles. The summed E-state index contributed by atoms with van der Waals surface area (Å²) in [7, 11) is 1.30. The Morgan fingerprint density at radius 1 is 1.50 bits per heavy atom. The number of nitrogen functional groups attached to an aromatic ring is 1. The van der Waals surface area contributed by atoms with Crippen molar-refractivity contribution < 1.29 is 13.9 Å². The summed E-state index contributed by atoms with van der Waals surface area (Å²) in [6.45, 7) is 3.67. The minimum Gasteiger partial charge on any atom is -0.464 e. The van der Waals surface area contributed by atoms with E-state index in [1.165, 1.54) is 13.2 Å². The van der Waals surface area contributed by atoms with Crippen molar-refractivity contribution in [2.45, 2.75) is 19.9 Å².